The van der Waals surface area contributed by atoms with Gasteiger partial charge in [0.25, 0.3) is 5.91 Å². The first-order chi connectivity index (χ1) is 15.1. The van der Waals surface area contributed by atoms with Crippen molar-refractivity contribution in [2.24, 2.45) is 4.99 Å². The molecule has 5 nitrogen and oxygen atoms in total. The second kappa shape index (κ2) is 9.81. The standard InChI is InChI=1S/C24H20BrClN4O/c25-17-6-5-7-18(14-17)29-24(30-23(31)20-9-1-3-10-21(20)26)27-13-12-16-15-28-22-11-4-2-8-19(16)22/h1-11,14-15,28H,12-13H2,(H2,27,29,30,31). The van der Waals surface area contributed by atoms with Crippen LogP contribution < -0.4 is 10.6 Å². The Balaban J connectivity index is 1.53. The molecule has 1 amide bonds. The summed E-state index contributed by atoms with van der Waals surface area (Å²) in [5.74, 6) is 0.0433. The number of rotatable bonds is 5. The first-order valence-electron chi connectivity index (χ1n) is 9.78. The number of hydrogen-bond donors (Lipinski definition) is 3. The molecule has 7 heteroatoms. The van der Waals surface area contributed by atoms with Crippen LogP contribution in [0.2, 0.25) is 5.02 Å². The van der Waals surface area contributed by atoms with Gasteiger partial charge in [-0.2, -0.15) is 0 Å². The summed E-state index contributed by atoms with van der Waals surface area (Å²) >= 11 is 9.64. The Morgan fingerprint density at radius 2 is 1.84 bits per heavy atom. The fourth-order valence-corrected chi connectivity index (χ4v) is 3.88. The normalized spacial score (nSPS) is 11.5. The second-order valence-electron chi connectivity index (χ2n) is 6.91. The predicted molar refractivity (Wildman–Crippen MR) is 131 cm³/mol. The molecule has 0 aliphatic carbocycles. The molecule has 0 radical (unpaired) electrons. The summed E-state index contributed by atoms with van der Waals surface area (Å²) < 4.78 is 0.924. The van der Waals surface area contributed by atoms with Crippen LogP contribution in [0.25, 0.3) is 10.9 Å². The maximum Gasteiger partial charge on any atom is 0.259 e. The molecule has 0 saturated heterocycles. The quantitative estimate of drug-likeness (QED) is 0.234. The van der Waals surface area contributed by atoms with Crippen molar-refractivity contribution in [2.45, 2.75) is 6.42 Å². The summed E-state index contributed by atoms with van der Waals surface area (Å²) in [7, 11) is 0. The van der Waals surface area contributed by atoms with Gasteiger partial charge in [0.2, 0.25) is 5.96 Å². The van der Waals surface area contributed by atoms with Gasteiger partial charge >= 0.3 is 0 Å². The molecule has 0 atom stereocenters. The number of para-hydroxylation sites is 1. The molecular weight excluding hydrogens is 476 g/mol. The summed E-state index contributed by atoms with van der Waals surface area (Å²) in [6.07, 6.45) is 2.74. The zero-order valence-corrected chi connectivity index (χ0v) is 18.9. The zero-order valence-electron chi connectivity index (χ0n) is 16.5. The van der Waals surface area contributed by atoms with Crippen molar-refractivity contribution in [3.05, 3.63) is 99.6 Å². The van der Waals surface area contributed by atoms with E-state index in [1.165, 1.54) is 10.9 Å². The van der Waals surface area contributed by atoms with Crippen molar-refractivity contribution in [3.63, 3.8) is 0 Å². The summed E-state index contributed by atoms with van der Waals surface area (Å²) in [4.78, 5) is 20.7. The second-order valence-corrected chi connectivity index (χ2v) is 8.23. The Morgan fingerprint density at radius 3 is 2.68 bits per heavy atom. The molecule has 156 valence electrons. The molecule has 0 fully saturated rings. The number of H-pyrrole nitrogens is 1. The van der Waals surface area contributed by atoms with E-state index in [0.717, 1.165) is 22.1 Å². The van der Waals surface area contributed by atoms with Crippen molar-refractivity contribution in [1.82, 2.24) is 10.3 Å². The third-order valence-electron chi connectivity index (χ3n) is 4.76. The number of benzene rings is 3. The number of aromatic nitrogens is 1. The van der Waals surface area contributed by atoms with E-state index in [1.54, 1.807) is 24.3 Å². The average molecular weight is 496 g/mol. The number of amides is 1. The number of aromatic amines is 1. The van der Waals surface area contributed by atoms with E-state index in [-0.39, 0.29) is 5.91 Å². The average Bonchev–Trinajstić information content (AvgIpc) is 3.17. The van der Waals surface area contributed by atoms with Crippen molar-refractivity contribution < 1.29 is 4.79 Å². The Bertz CT molecular complexity index is 1250. The molecule has 1 aromatic heterocycles. The summed E-state index contributed by atoms with van der Waals surface area (Å²) in [5.41, 5.74) is 3.48. The van der Waals surface area contributed by atoms with E-state index in [0.29, 0.717) is 23.1 Å². The Hall–Kier alpha value is -3.09. The van der Waals surface area contributed by atoms with Crippen LogP contribution in [0.4, 0.5) is 5.69 Å². The van der Waals surface area contributed by atoms with E-state index in [9.17, 15) is 4.79 Å². The maximum absolute atomic E-state index is 12.8. The topological polar surface area (TPSA) is 69.3 Å². The third-order valence-corrected chi connectivity index (χ3v) is 5.59. The molecule has 31 heavy (non-hydrogen) atoms. The highest BCUT2D eigenvalue weighted by Crippen LogP contribution is 2.19. The molecule has 4 rings (SSSR count). The number of anilines is 1. The van der Waals surface area contributed by atoms with Gasteiger partial charge in [0, 0.05) is 33.8 Å². The lowest BCUT2D eigenvalue weighted by Crippen LogP contribution is -2.36. The van der Waals surface area contributed by atoms with Gasteiger partial charge in [-0.05, 0) is 48.4 Å². The number of hydrogen-bond acceptors (Lipinski definition) is 2. The molecule has 3 aromatic carbocycles. The molecule has 0 saturated carbocycles. The van der Waals surface area contributed by atoms with Gasteiger partial charge in [-0.1, -0.05) is 63.9 Å². The number of carbonyl (C=O) groups excluding carboxylic acids is 1. The number of halogens is 2. The van der Waals surface area contributed by atoms with Crippen molar-refractivity contribution >= 4 is 56.0 Å². The molecule has 1 heterocycles. The van der Waals surface area contributed by atoms with E-state index in [2.05, 4.69) is 42.6 Å². The van der Waals surface area contributed by atoms with Gasteiger partial charge in [-0.3, -0.25) is 15.1 Å². The fraction of sp³-hybridized carbons (Fsp3) is 0.0833. The smallest absolute Gasteiger partial charge is 0.259 e. The maximum atomic E-state index is 12.8. The van der Waals surface area contributed by atoms with Crippen LogP contribution in [-0.4, -0.2) is 23.4 Å². The molecular formula is C24H20BrClN4O. The monoisotopic (exact) mass is 494 g/mol. The zero-order chi connectivity index (χ0) is 21.6. The Morgan fingerprint density at radius 1 is 1.03 bits per heavy atom. The number of nitrogens with one attached hydrogen (secondary N) is 3. The van der Waals surface area contributed by atoms with Gasteiger partial charge in [0.15, 0.2) is 0 Å². The lowest BCUT2D eigenvalue weighted by Gasteiger charge is -2.13. The summed E-state index contributed by atoms with van der Waals surface area (Å²) in [6, 6.07) is 22.7. The summed E-state index contributed by atoms with van der Waals surface area (Å²) in [6.45, 7) is 0.501. The van der Waals surface area contributed by atoms with Crippen LogP contribution in [0.15, 0.2) is 88.5 Å². The van der Waals surface area contributed by atoms with Crippen molar-refractivity contribution in [1.29, 1.82) is 0 Å². The molecule has 0 bridgehead atoms. The highest BCUT2D eigenvalue weighted by atomic mass is 79.9. The molecule has 0 unspecified atom stereocenters. The van der Waals surface area contributed by atoms with E-state index >= 15 is 0 Å². The minimum absolute atomic E-state index is 0.320. The van der Waals surface area contributed by atoms with E-state index in [1.807, 2.05) is 48.7 Å². The van der Waals surface area contributed by atoms with Gasteiger partial charge < -0.3 is 10.3 Å². The van der Waals surface area contributed by atoms with Crippen molar-refractivity contribution in [2.75, 3.05) is 11.9 Å². The van der Waals surface area contributed by atoms with Crippen LogP contribution >= 0.6 is 27.5 Å². The Labute approximate surface area is 193 Å². The highest BCUT2D eigenvalue weighted by Gasteiger charge is 2.13. The van der Waals surface area contributed by atoms with Gasteiger partial charge in [0.1, 0.15) is 0 Å². The highest BCUT2D eigenvalue weighted by molar-refractivity contribution is 9.10. The SMILES string of the molecule is O=C(NC(=NCCc1c[nH]c2ccccc12)Nc1cccc(Br)c1)c1ccccc1Cl. The van der Waals surface area contributed by atoms with E-state index in [4.69, 9.17) is 11.6 Å². The van der Waals surface area contributed by atoms with Crippen LogP contribution in [0, 0.1) is 0 Å². The van der Waals surface area contributed by atoms with Gasteiger partial charge in [-0.25, -0.2) is 0 Å². The summed E-state index contributed by atoms with van der Waals surface area (Å²) in [5, 5.41) is 7.62. The van der Waals surface area contributed by atoms with Crippen LogP contribution in [0.3, 0.4) is 0 Å². The molecule has 0 spiro atoms. The lowest BCUT2D eigenvalue weighted by atomic mass is 10.1. The van der Waals surface area contributed by atoms with Crippen LogP contribution in [0.5, 0.6) is 0 Å². The Kier molecular flexibility index (Phi) is 6.70. The van der Waals surface area contributed by atoms with Crippen molar-refractivity contribution in [3.8, 4) is 0 Å². The molecule has 3 N–H and O–H groups in total. The number of fused-ring (bicyclic) bond motifs is 1. The minimum Gasteiger partial charge on any atom is -0.361 e. The predicted octanol–water partition coefficient (Wildman–Crippen LogP) is 6.02. The molecule has 0 aliphatic heterocycles. The van der Waals surface area contributed by atoms with Gasteiger partial charge in [-0.15, -0.1) is 0 Å². The number of aliphatic imine (C=N–C) groups is 1. The fourth-order valence-electron chi connectivity index (χ4n) is 3.26. The number of carbonyl (C=O) groups is 1. The van der Waals surface area contributed by atoms with E-state index < -0.39 is 0 Å². The largest absolute Gasteiger partial charge is 0.361 e. The number of guanidine groups is 1. The van der Waals surface area contributed by atoms with Crippen LogP contribution in [-0.2, 0) is 6.42 Å². The minimum atomic E-state index is -0.320. The molecule has 4 aromatic rings. The van der Waals surface area contributed by atoms with Crippen LogP contribution in [0.1, 0.15) is 15.9 Å². The first kappa shape index (κ1) is 21.2. The first-order valence-corrected chi connectivity index (χ1v) is 10.9. The van der Waals surface area contributed by atoms with Gasteiger partial charge in [0.05, 0.1) is 10.6 Å². The third kappa shape index (κ3) is 5.34. The molecule has 0 aliphatic rings. The lowest BCUT2D eigenvalue weighted by molar-refractivity contribution is 0.0977. The number of nitrogens with zero attached hydrogens (tertiary/aromatic N) is 1.